The molecule has 0 aromatic heterocycles. The molecule has 12 heavy (non-hydrogen) atoms. The van der Waals surface area contributed by atoms with Crippen LogP contribution in [0.25, 0.3) is 0 Å². The Morgan fingerprint density at radius 3 is 1.67 bits per heavy atom. The van der Waals surface area contributed by atoms with Gasteiger partial charge in [-0.3, -0.25) is 4.79 Å². The fourth-order valence-electron chi connectivity index (χ4n) is 0.203. The maximum atomic E-state index is 10.0. The molecular weight excluding hydrogens is 168 g/mol. The fourth-order valence-corrected chi connectivity index (χ4v) is 0.610. The van der Waals surface area contributed by atoms with E-state index < -0.39 is 0 Å². The van der Waals surface area contributed by atoms with Crippen LogP contribution in [0.4, 0.5) is 0 Å². The second kappa shape index (κ2) is 7.66. The summed E-state index contributed by atoms with van der Waals surface area (Å²) in [5.74, 6) is 0.905. The summed E-state index contributed by atoms with van der Waals surface area (Å²) in [6.45, 7) is 10.5. The first-order valence-corrected chi connectivity index (χ1v) is 5.71. The number of ketones is 1. The first-order chi connectivity index (χ1) is 5.33. The van der Waals surface area contributed by atoms with E-state index in [9.17, 15) is 4.79 Å². The van der Waals surface area contributed by atoms with Gasteiger partial charge >= 0.3 is 0 Å². The summed E-state index contributed by atoms with van der Waals surface area (Å²) in [4.78, 5) is 10.0. The van der Waals surface area contributed by atoms with E-state index in [0.29, 0.717) is 11.2 Å². The highest BCUT2D eigenvalue weighted by atomic mass is 32.2. The van der Waals surface area contributed by atoms with Crippen molar-refractivity contribution in [1.82, 2.24) is 0 Å². The third kappa shape index (κ3) is 22.5. The molecule has 0 saturated heterocycles. The van der Waals surface area contributed by atoms with Gasteiger partial charge in [0.25, 0.3) is 0 Å². The highest BCUT2D eigenvalue weighted by Gasteiger charge is 2.03. The van der Waals surface area contributed by atoms with Gasteiger partial charge in [0.1, 0.15) is 5.78 Å². The number of thioether (sulfide) groups is 1. The maximum absolute atomic E-state index is 10.0. The summed E-state index contributed by atoms with van der Waals surface area (Å²) >= 11 is 1.56. The zero-order chi connectivity index (χ0) is 10.2. The van der Waals surface area contributed by atoms with E-state index in [1.165, 1.54) is 6.42 Å². The van der Waals surface area contributed by atoms with Gasteiger partial charge in [-0.05, 0) is 18.6 Å². The highest BCUT2D eigenvalue weighted by molar-refractivity contribution is 7.99. The van der Waals surface area contributed by atoms with Crippen molar-refractivity contribution in [1.29, 1.82) is 0 Å². The minimum atomic E-state index is 0.252. The third-order valence-corrected chi connectivity index (χ3v) is 2.10. The van der Waals surface area contributed by atoms with Crippen molar-refractivity contribution in [2.24, 2.45) is 5.41 Å². The molecule has 0 unspecified atom stereocenters. The van der Waals surface area contributed by atoms with E-state index in [0.717, 1.165) is 0 Å². The molecule has 0 aromatic rings. The van der Waals surface area contributed by atoms with E-state index in [1.807, 2.05) is 6.26 Å². The number of hydrogen-bond donors (Lipinski definition) is 0. The number of carbonyl (C=O) groups excluding carboxylic acids is 1. The Kier molecular flexibility index (Phi) is 9.28. The van der Waals surface area contributed by atoms with Gasteiger partial charge in [-0.2, -0.15) is 11.8 Å². The smallest absolute Gasteiger partial charge is 0.139 e. The lowest BCUT2D eigenvalue weighted by Crippen LogP contribution is -2.00. The Balaban J connectivity index is 0. The van der Waals surface area contributed by atoms with Gasteiger partial charge in [-0.15, -0.1) is 0 Å². The van der Waals surface area contributed by atoms with E-state index in [2.05, 4.69) is 27.7 Å². The third-order valence-electron chi connectivity index (χ3n) is 1.41. The summed E-state index contributed by atoms with van der Waals surface area (Å²) in [5, 5.41) is 0. The van der Waals surface area contributed by atoms with E-state index in [4.69, 9.17) is 0 Å². The molecule has 0 bridgehead atoms. The van der Waals surface area contributed by atoms with Crippen LogP contribution in [-0.2, 0) is 4.79 Å². The lowest BCUT2D eigenvalue weighted by molar-refractivity contribution is -0.114. The molecule has 0 saturated carbocycles. The summed E-state index contributed by atoms with van der Waals surface area (Å²) < 4.78 is 0. The van der Waals surface area contributed by atoms with Crippen molar-refractivity contribution < 1.29 is 4.79 Å². The number of rotatable bonds is 2. The van der Waals surface area contributed by atoms with Gasteiger partial charge < -0.3 is 0 Å². The van der Waals surface area contributed by atoms with Crippen molar-refractivity contribution in [3.05, 3.63) is 0 Å². The molecule has 2 heteroatoms. The molecule has 0 aliphatic heterocycles. The predicted molar refractivity (Wildman–Crippen MR) is 58.8 cm³/mol. The zero-order valence-electron chi connectivity index (χ0n) is 9.23. The maximum Gasteiger partial charge on any atom is 0.139 e. The van der Waals surface area contributed by atoms with Crippen molar-refractivity contribution >= 4 is 17.5 Å². The average Bonchev–Trinajstić information content (AvgIpc) is 1.87. The molecule has 74 valence electrons. The monoisotopic (exact) mass is 190 g/mol. The van der Waals surface area contributed by atoms with Crippen LogP contribution in [0, 0.1) is 5.41 Å². The van der Waals surface area contributed by atoms with Crippen molar-refractivity contribution in [2.45, 2.75) is 41.0 Å². The van der Waals surface area contributed by atoms with Gasteiger partial charge in [-0.1, -0.05) is 34.1 Å². The molecule has 0 atom stereocenters. The standard InChI is InChI=1S/C6H14.C4H8OS/c1-5-6(2,3)4;1-4(5)3-6-2/h5H2,1-4H3;3H2,1-2H3. The number of hydrogen-bond acceptors (Lipinski definition) is 2. The lowest BCUT2D eigenvalue weighted by Gasteiger charge is -2.12. The Bertz CT molecular complexity index is 113. The predicted octanol–water partition coefficient (Wildman–Crippen LogP) is 3.38. The average molecular weight is 190 g/mol. The molecule has 0 aliphatic rings. The molecule has 0 aromatic carbocycles. The zero-order valence-corrected chi connectivity index (χ0v) is 10.0. The van der Waals surface area contributed by atoms with Crippen molar-refractivity contribution in [3.63, 3.8) is 0 Å². The molecule has 0 N–H and O–H groups in total. The number of Topliss-reactive ketones (excluding diaryl/α,β-unsaturated/α-hetero) is 1. The van der Waals surface area contributed by atoms with Crippen LogP contribution in [0.15, 0.2) is 0 Å². The second-order valence-electron chi connectivity index (χ2n) is 4.05. The quantitative estimate of drug-likeness (QED) is 0.664. The molecule has 0 radical (unpaired) electrons. The van der Waals surface area contributed by atoms with E-state index in [1.54, 1.807) is 18.7 Å². The molecule has 0 fully saturated rings. The summed E-state index contributed by atoms with van der Waals surface area (Å²) in [6, 6.07) is 0. The molecule has 0 spiro atoms. The van der Waals surface area contributed by atoms with Crippen LogP contribution in [0.1, 0.15) is 41.0 Å². The fraction of sp³-hybridized carbons (Fsp3) is 0.900. The first kappa shape index (κ1) is 14.5. The Hall–Kier alpha value is 0.0200. The van der Waals surface area contributed by atoms with Gasteiger partial charge in [0.2, 0.25) is 0 Å². The first-order valence-electron chi connectivity index (χ1n) is 4.32. The Labute approximate surface area is 81.3 Å². The summed E-state index contributed by atoms with van der Waals surface area (Å²) in [7, 11) is 0. The highest BCUT2D eigenvalue weighted by Crippen LogP contribution is 2.16. The van der Waals surface area contributed by atoms with Crippen LogP contribution in [0.2, 0.25) is 0 Å². The lowest BCUT2D eigenvalue weighted by atomic mass is 9.94. The molecule has 0 amide bonds. The second-order valence-corrected chi connectivity index (χ2v) is 4.92. The minimum Gasteiger partial charge on any atom is -0.299 e. The Morgan fingerprint density at radius 1 is 1.33 bits per heavy atom. The van der Waals surface area contributed by atoms with Gasteiger partial charge in [0.15, 0.2) is 0 Å². The summed E-state index contributed by atoms with van der Waals surface area (Å²) in [6.07, 6.45) is 3.19. The minimum absolute atomic E-state index is 0.252. The van der Waals surface area contributed by atoms with Gasteiger partial charge in [0, 0.05) is 0 Å². The summed E-state index contributed by atoms with van der Waals surface area (Å²) in [5.41, 5.74) is 0.542. The normalized spacial score (nSPS) is 10.2. The SMILES string of the molecule is CCC(C)(C)C.CSCC(C)=O. The van der Waals surface area contributed by atoms with Gasteiger partial charge in [0.05, 0.1) is 5.75 Å². The van der Waals surface area contributed by atoms with Crippen molar-refractivity contribution in [2.75, 3.05) is 12.0 Å². The van der Waals surface area contributed by atoms with Crippen LogP contribution < -0.4 is 0 Å². The Morgan fingerprint density at radius 2 is 1.67 bits per heavy atom. The largest absolute Gasteiger partial charge is 0.299 e. The van der Waals surface area contributed by atoms with E-state index in [-0.39, 0.29) is 5.78 Å². The molecule has 0 aliphatic carbocycles. The van der Waals surface area contributed by atoms with Crippen LogP contribution >= 0.6 is 11.8 Å². The van der Waals surface area contributed by atoms with Crippen LogP contribution in [-0.4, -0.2) is 17.8 Å². The molecule has 1 nitrogen and oxygen atoms in total. The molecule has 0 heterocycles. The molecular formula is C10H22OS. The van der Waals surface area contributed by atoms with Crippen LogP contribution in [0.5, 0.6) is 0 Å². The topological polar surface area (TPSA) is 17.1 Å². The van der Waals surface area contributed by atoms with Gasteiger partial charge in [-0.25, -0.2) is 0 Å². The molecule has 0 rings (SSSR count). The van der Waals surface area contributed by atoms with E-state index >= 15 is 0 Å². The number of carbonyl (C=O) groups is 1. The van der Waals surface area contributed by atoms with Crippen molar-refractivity contribution in [3.8, 4) is 0 Å². The van der Waals surface area contributed by atoms with Crippen LogP contribution in [0.3, 0.4) is 0 Å².